The van der Waals surface area contributed by atoms with Gasteiger partial charge >= 0.3 is 0 Å². The van der Waals surface area contributed by atoms with E-state index in [9.17, 15) is 0 Å². The minimum Gasteiger partial charge on any atom is -0.381 e. The summed E-state index contributed by atoms with van der Waals surface area (Å²) >= 11 is 6.16. The van der Waals surface area contributed by atoms with Crippen molar-refractivity contribution < 1.29 is 4.74 Å². The van der Waals surface area contributed by atoms with Crippen molar-refractivity contribution in [3.05, 3.63) is 16.5 Å². The number of ether oxygens (including phenoxy) is 1. The van der Waals surface area contributed by atoms with Gasteiger partial charge in [0.05, 0.1) is 6.61 Å². The van der Waals surface area contributed by atoms with Crippen molar-refractivity contribution >= 4 is 17.4 Å². The molecule has 0 spiro atoms. The Morgan fingerprint density at radius 2 is 2.26 bits per heavy atom. The van der Waals surface area contributed by atoms with E-state index in [2.05, 4.69) is 22.2 Å². The molecule has 1 aromatic rings. The van der Waals surface area contributed by atoms with Gasteiger partial charge in [-0.3, -0.25) is 0 Å². The molecule has 1 atom stereocenters. The van der Waals surface area contributed by atoms with Crippen molar-refractivity contribution in [1.29, 1.82) is 0 Å². The molecule has 2 rings (SSSR count). The van der Waals surface area contributed by atoms with Crippen LogP contribution in [0.4, 0.5) is 5.82 Å². The fraction of sp³-hybridized carbons (Fsp3) is 0.714. The minimum atomic E-state index is 0.556. The van der Waals surface area contributed by atoms with Crippen molar-refractivity contribution in [2.24, 2.45) is 5.92 Å². The Hall–Kier alpha value is -0.870. The van der Waals surface area contributed by atoms with Crippen LogP contribution in [0.2, 0.25) is 5.15 Å². The number of anilines is 1. The van der Waals surface area contributed by atoms with Gasteiger partial charge in [0.15, 0.2) is 0 Å². The van der Waals surface area contributed by atoms with Crippen LogP contribution in [0.3, 0.4) is 0 Å². The zero-order chi connectivity index (χ0) is 13.7. The first-order valence-electron chi connectivity index (χ1n) is 7.05. The number of nitrogens with zero attached hydrogens (tertiary/aromatic N) is 2. The molecule has 1 fully saturated rings. The minimum absolute atomic E-state index is 0.556. The quantitative estimate of drug-likeness (QED) is 0.843. The highest BCUT2D eigenvalue weighted by Crippen LogP contribution is 2.21. The van der Waals surface area contributed by atoms with Gasteiger partial charge in [-0.25, -0.2) is 9.97 Å². The molecule has 4 nitrogen and oxygen atoms in total. The highest BCUT2D eigenvalue weighted by Gasteiger charge is 2.15. The van der Waals surface area contributed by atoms with E-state index < -0.39 is 0 Å². The standard InChI is InChI=1S/C14H22ClN3O/c1-3-5-12-17-13(15)10(2)14(18-12)16-8-11-6-4-7-19-9-11/h11H,3-9H2,1-2H3,(H,16,17,18). The van der Waals surface area contributed by atoms with Crippen LogP contribution in [0.1, 0.15) is 37.6 Å². The van der Waals surface area contributed by atoms with Gasteiger partial charge in [0.1, 0.15) is 16.8 Å². The monoisotopic (exact) mass is 283 g/mol. The lowest BCUT2D eigenvalue weighted by molar-refractivity contribution is 0.0594. The summed E-state index contributed by atoms with van der Waals surface area (Å²) in [5, 5.41) is 3.96. The molecule has 0 aliphatic carbocycles. The van der Waals surface area contributed by atoms with Crippen LogP contribution in [0.25, 0.3) is 0 Å². The summed E-state index contributed by atoms with van der Waals surface area (Å²) < 4.78 is 5.49. The van der Waals surface area contributed by atoms with Crippen LogP contribution < -0.4 is 5.32 Å². The first kappa shape index (κ1) is 14.5. The number of nitrogens with one attached hydrogen (secondary N) is 1. The molecule has 0 radical (unpaired) electrons. The molecule has 1 aliphatic heterocycles. The van der Waals surface area contributed by atoms with Gasteiger partial charge < -0.3 is 10.1 Å². The number of hydrogen-bond donors (Lipinski definition) is 1. The number of aromatic nitrogens is 2. The topological polar surface area (TPSA) is 47.0 Å². The van der Waals surface area contributed by atoms with E-state index in [4.69, 9.17) is 16.3 Å². The second-order valence-electron chi connectivity index (χ2n) is 5.12. The van der Waals surface area contributed by atoms with E-state index in [1.54, 1.807) is 0 Å². The third kappa shape index (κ3) is 4.05. The third-order valence-corrected chi connectivity index (χ3v) is 3.79. The summed E-state index contributed by atoms with van der Waals surface area (Å²) in [4.78, 5) is 8.87. The largest absolute Gasteiger partial charge is 0.381 e. The van der Waals surface area contributed by atoms with Crippen LogP contribution in [0, 0.1) is 12.8 Å². The van der Waals surface area contributed by atoms with Gasteiger partial charge in [0, 0.05) is 25.1 Å². The molecule has 19 heavy (non-hydrogen) atoms. The zero-order valence-corrected chi connectivity index (χ0v) is 12.5. The van der Waals surface area contributed by atoms with Gasteiger partial charge in [-0.1, -0.05) is 18.5 Å². The average Bonchev–Trinajstić information content (AvgIpc) is 2.42. The van der Waals surface area contributed by atoms with Crippen molar-refractivity contribution in [2.75, 3.05) is 25.1 Å². The van der Waals surface area contributed by atoms with Gasteiger partial charge in [-0.15, -0.1) is 0 Å². The van der Waals surface area contributed by atoms with Gasteiger partial charge in [0.2, 0.25) is 0 Å². The normalized spacial score (nSPS) is 19.4. The first-order chi connectivity index (χ1) is 9.20. The maximum atomic E-state index is 6.16. The molecule has 1 aliphatic rings. The van der Waals surface area contributed by atoms with E-state index in [-0.39, 0.29) is 0 Å². The second kappa shape index (κ2) is 7.06. The molecule has 5 heteroatoms. The lowest BCUT2D eigenvalue weighted by atomic mass is 10.0. The van der Waals surface area contributed by atoms with Crippen LogP contribution in [-0.2, 0) is 11.2 Å². The molecule has 1 saturated heterocycles. The Labute approximate surface area is 119 Å². The highest BCUT2D eigenvalue weighted by atomic mass is 35.5. The Kier molecular flexibility index (Phi) is 5.40. The molecular formula is C14H22ClN3O. The van der Waals surface area contributed by atoms with Crippen molar-refractivity contribution in [1.82, 2.24) is 9.97 Å². The average molecular weight is 284 g/mol. The molecular weight excluding hydrogens is 262 g/mol. The number of hydrogen-bond acceptors (Lipinski definition) is 4. The molecule has 1 aromatic heterocycles. The molecule has 0 aromatic carbocycles. The molecule has 106 valence electrons. The Morgan fingerprint density at radius 1 is 1.42 bits per heavy atom. The SMILES string of the molecule is CCCc1nc(Cl)c(C)c(NCC2CCCOC2)n1. The highest BCUT2D eigenvalue weighted by molar-refractivity contribution is 6.30. The first-order valence-corrected chi connectivity index (χ1v) is 7.43. The number of aryl methyl sites for hydroxylation is 1. The maximum Gasteiger partial charge on any atom is 0.137 e. The van der Waals surface area contributed by atoms with Crippen LogP contribution in [-0.4, -0.2) is 29.7 Å². The van der Waals surface area contributed by atoms with Crippen LogP contribution >= 0.6 is 11.6 Å². The summed E-state index contributed by atoms with van der Waals surface area (Å²) in [6, 6.07) is 0. The molecule has 0 amide bonds. The lowest BCUT2D eigenvalue weighted by Gasteiger charge is -2.23. The molecule has 2 heterocycles. The lowest BCUT2D eigenvalue weighted by Crippen LogP contribution is -2.25. The summed E-state index contributed by atoms with van der Waals surface area (Å²) in [5.74, 6) is 2.26. The smallest absolute Gasteiger partial charge is 0.137 e. The van der Waals surface area contributed by atoms with E-state index >= 15 is 0 Å². The van der Waals surface area contributed by atoms with Crippen molar-refractivity contribution in [2.45, 2.75) is 39.5 Å². The van der Waals surface area contributed by atoms with Crippen LogP contribution in [0.5, 0.6) is 0 Å². The van der Waals surface area contributed by atoms with Gasteiger partial charge in [-0.05, 0) is 32.1 Å². The fourth-order valence-corrected chi connectivity index (χ4v) is 2.44. The summed E-state index contributed by atoms with van der Waals surface area (Å²) in [6.07, 6.45) is 4.25. The molecule has 0 bridgehead atoms. The van der Waals surface area contributed by atoms with E-state index in [0.717, 1.165) is 56.2 Å². The Bertz CT molecular complexity index is 419. The Balaban J connectivity index is 2.01. The second-order valence-corrected chi connectivity index (χ2v) is 5.48. The van der Waals surface area contributed by atoms with E-state index in [1.165, 1.54) is 6.42 Å². The van der Waals surface area contributed by atoms with E-state index in [1.807, 2.05) is 6.92 Å². The molecule has 1 unspecified atom stereocenters. The van der Waals surface area contributed by atoms with Crippen molar-refractivity contribution in [3.63, 3.8) is 0 Å². The maximum absolute atomic E-state index is 6.16. The third-order valence-electron chi connectivity index (χ3n) is 3.42. The fourth-order valence-electron chi connectivity index (χ4n) is 2.25. The summed E-state index contributed by atoms with van der Waals surface area (Å²) in [6.45, 7) is 6.70. The molecule has 1 N–H and O–H groups in total. The Morgan fingerprint density at radius 3 is 2.95 bits per heavy atom. The predicted octanol–water partition coefficient (Wildman–Crippen LogP) is 3.23. The zero-order valence-electron chi connectivity index (χ0n) is 11.7. The van der Waals surface area contributed by atoms with Gasteiger partial charge in [-0.2, -0.15) is 0 Å². The number of halogens is 1. The van der Waals surface area contributed by atoms with Crippen LogP contribution in [0.15, 0.2) is 0 Å². The molecule has 0 saturated carbocycles. The van der Waals surface area contributed by atoms with Gasteiger partial charge in [0.25, 0.3) is 0 Å². The predicted molar refractivity (Wildman–Crippen MR) is 77.8 cm³/mol. The summed E-state index contributed by atoms with van der Waals surface area (Å²) in [5.41, 5.74) is 0.929. The van der Waals surface area contributed by atoms with Crippen molar-refractivity contribution in [3.8, 4) is 0 Å². The number of rotatable bonds is 5. The summed E-state index contributed by atoms with van der Waals surface area (Å²) in [7, 11) is 0. The van der Waals surface area contributed by atoms with E-state index in [0.29, 0.717) is 11.1 Å².